The van der Waals surface area contributed by atoms with Crippen molar-refractivity contribution in [2.24, 2.45) is 0 Å². The molecule has 9 heteroatoms. The number of imidazole rings is 1. The minimum Gasteiger partial charge on any atom is -0.339 e. The molecule has 0 saturated carbocycles. The second-order valence-electron chi connectivity index (χ2n) is 8.88. The van der Waals surface area contributed by atoms with Crippen LogP contribution in [0.1, 0.15) is 35.4 Å². The molecular formula is C26H26N8S. The largest absolute Gasteiger partial charge is 0.339 e. The molecule has 5 aromatic rings. The van der Waals surface area contributed by atoms with Gasteiger partial charge in [-0.05, 0) is 62.2 Å². The van der Waals surface area contributed by atoms with Crippen LogP contribution in [0.3, 0.4) is 0 Å². The van der Waals surface area contributed by atoms with Crippen molar-refractivity contribution in [3.05, 3.63) is 70.9 Å². The van der Waals surface area contributed by atoms with Crippen LogP contribution in [0.4, 0.5) is 11.4 Å². The number of anilines is 2. The molecule has 0 atom stereocenters. The molecule has 8 nitrogen and oxygen atoms in total. The number of para-hydroxylation sites is 1. The van der Waals surface area contributed by atoms with E-state index < -0.39 is 0 Å². The monoisotopic (exact) mass is 482 g/mol. The topological polar surface area (TPSA) is 88.4 Å². The number of hydrogen-bond acceptors (Lipinski definition) is 7. The van der Waals surface area contributed by atoms with Crippen LogP contribution in [0.15, 0.2) is 52.3 Å². The number of H-pyrrole nitrogens is 1. The highest BCUT2D eigenvalue weighted by atomic mass is 32.2. The van der Waals surface area contributed by atoms with Gasteiger partial charge >= 0.3 is 0 Å². The molecule has 1 aliphatic rings. The van der Waals surface area contributed by atoms with E-state index in [9.17, 15) is 0 Å². The predicted octanol–water partition coefficient (Wildman–Crippen LogP) is 5.27. The van der Waals surface area contributed by atoms with E-state index in [1.807, 2.05) is 18.7 Å². The van der Waals surface area contributed by atoms with Gasteiger partial charge in [0.25, 0.3) is 0 Å². The fourth-order valence-electron chi connectivity index (χ4n) is 4.93. The van der Waals surface area contributed by atoms with E-state index in [0.717, 1.165) is 46.9 Å². The molecule has 1 aliphatic heterocycles. The summed E-state index contributed by atoms with van der Waals surface area (Å²) in [5.74, 6) is 1.74. The molecular weight excluding hydrogens is 456 g/mol. The van der Waals surface area contributed by atoms with Crippen LogP contribution in [0.25, 0.3) is 16.9 Å². The zero-order valence-electron chi connectivity index (χ0n) is 20.2. The van der Waals surface area contributed by atoms with Crippen LogP contribution in [0, 0.1) is 20.8 Å². The molecule has 1 N–H and O–H groups in total. The normalized spacial score (nSPS) is 12.7. The average Bonchev–Trinajstić information content (AvgIpc) is 3.49. The lowest BCUT2D eigenvalue weighted by atomic mass is 10.1. The molecule has 0 amide bonds. The molecule has 3 aromatic heterocycles. The van der Waals surface area contributed by atoms with Crippen molar-refractivity contribution in [3.8, 4) is 5.69 Å². The van der Waals surface area contributed by atoms with Gasteiger partial charge in [-0.25, -0.2) is 9.97 Å². The SMILES string of the molecule is CCc1nc2c(C)cc(C)nc2n1-c1cc(C)c2c(c1)Sc1ccccc1N2CCc1nn[nH]n1. The van der Waals surface area contributed by atoms with Crippen molar-refractivity contribution in [2.45, 2.75) is 50.3 Å². The number of hydrogen-bond donors (Lipinski definition) is 1. The van der Waals surface area contributed by atoms with Crippen LogP contribution in [0.5, 0.6) is 0 Å². The Balaban J connectivity index is 1.50. The third-order valence-corrected chi connectivity index (χ3v) is 7.52. The lowest BCUT2D eigenvalue weighted by molar-refractivity contribution is 0.829. The third-order valence-electron chi connectivity index (χ3n) is 6.42. The fourth-order valence-corrected chi connectivity index (χ4v) is 6.15. The van der Waals surface area contributed by atoms with E-state index in [1.165, 1.54) is 26.7 Å². The first-order chi connectivity index (χ1) is 17.0. The lowest BCUT2D eigenvalue weighted by Crippen LogP contribution is -2.25. The number of pyridine rings is 1. The number of fused-ring (bicyclic) bond motifs is 3. The van der Waals surface area contributed by atoms with E-state index >= 15 is 0 Å². The summed E-state index contributed by atoms with van der Waals surface area (Å²) in [6.07, 6.45) is 1.53. The van der Waals surface area contributed by atoms with Crippen LogP contribution < -0.4 is 4.90 Å². The van der Waals surface area contributed by atoms with Gasteiger partial charge in [0.2, 0.25) is 0 Å². The quantitative estimate of drug-likeness (QED) is 0.365. The number of nitrogens with one attached hydrogen (secondary N) is 1. The van der Waals surface area contributed by atoms with Gasteiger partial charge in [0, 0.05) is 34.9 Å². The number of aryl methyl sites for hydroxylation is 4. The van der Waals surface area contributed by atoms with Crippen molar-refractivity contribution < 1.29 is 0 Å². The standard InChI is InChI=1S/C26H26N8S/c1-5-23-28-24-15(2)12-17(4)27-26(24)34(23)18-13-16(3)25-21(14-18)35-20-9-7-6-8-19(20)33(25)11-10-22-29-31-32-30-22/h6-9,12-14H,5,10-11H2,1-4H3,(H,29,30,31,32). The predicted molar refractivity (Wildman–Crippen MR) is 138 cm³/mol. The summed E-state index contributed by atoms with van der Waals surface area (Å²) in [5.41, 5.74) is 8.81. The number of aromatic nitrogens is 7. The van der Waals surface area contributed by atoms with E-state index in [0.29, 0.717) is 12.2 Å². The minimum absolute atomic E-state index is 0.699. The molecule has 6 rings (SSSR count). The Kier molecular flexibility index (Phi) is 5.29. The first-order valence-corrected chi connectivity index (χ1v) is 12.6. The maximum absolute atomic E-state index is 4.96. The summed E-state index contributed by atoms with van der Waals surface area (Å²) in [6.45, 7) is 9.25. The summed E-state index contributed by atoms with van der Waals surface area (Å²) in [6, 6.07) is 15.2. The van der Waals surface area contributed by atoms with E-state index in [-0.39, 0.29) is 0 Å². The molecule has 0 radical (unpaired) electrons. The van der Waals surface area contributed by atoms with E-state index in [2.05, 4.69) is 93.3 Å². The van der Waals surface area contributed by atoms with Gasteiger partial charge in [-0.3, -0.25) is 4.57 Å². The molecule has 0 bridgehead atoms. The van der Waals surface area contributed by atoms with Crippen molar-refractivity contribution in [3.63, 3.8) is 0 Å². The molecule has 4 heterocycles. The molecule has 176 valence electrons. The number of rotatable bonds is 5. The Labute approximate surface area is 207 Å². The average molecular weight is 483 g/mol. The molecule has 0 spiro atoms. The van der Waals surface area contributed by atoms with E-state index in [1.54, 1.807) is 0 Å². The van der Waals surface area contributed by atoms with Gasteiger partial charge in [0.1, 0.15) is 11.3 Å². The highest BCUT2D eigenvalue weighted by Crippen LogP contribution is 2.50. The lowest BCUT2D eigenvalue weighted by Gasteiger charge is -2.34. The summed E-state index contributed by atoms with van der Waals surface area (Å²) in [5, 5.41) is 14.6. The molecule has 0 unspecified atom stereocenters. The Morgan fingerprint density at radius 3 is 2.63 bits per heavy atom. The van der Waals surface area contributed by atoms with Crippen molar-refractivity contribution in [1.82, 2.24) is 35.2 Å². The Bertz CT molecular complexity index is 1550. The van der Waals surface area contributed by atoms with Gasteiger partial charge in [-0.2, -0.15) is 5.21 Å². The Morgan fingerprint density at radius 1 is 0.971 bits per heavy atom. The molecule has 0 fully saturated rings. The minimum atomic E-state index is 0.699. The Morgan fingerprint density at radius 2 is 1.83 bits per heavy atom. The van der Waals surface area contributed by atoms with Crippen LogP contribution >= 0.6 is 11.8 Å². The number of tetrazole rings is 1. The molecule has 0 saturated heterocycles. The van der Waals surface area contributed by atoms with Crippen molar-refractivity contribution in [2.75, 3.05) is 11.4 Å². The fraction of sp³-hybridized carbons (Fsp3) is 0.269. The number of nitrogens with zero attached hydrogens (tertiary/aromatic N) is 7. The smallest absolute Gasteiger partial charge is 0.176 e. The number of aromatic amines is 1. The number of benzene rings is 2. The van der Waals surface area contributed by atoms with Crippen LogP contribution in [0.2, 0.25) is 0 Å². The first kappa shape index (κ1) is 21.8. The van der Waals surface area contributed by atoms with Crippen LogP contribution in [-0.4, -0.2) is 41.7 Å². The Hall–Kier alpha value is -3.72. The van der Waals surface area contributed by atoms with Gasteiger partial charge in [0.15, 0.2) is 11.5 Å². The zero-order chi connectivity index (χ0) is 24.1. The van der Waals surface area contributed by atoms with E-state index in [4.69, 9.17) is 9.97 Å². The van der Waals surface area contributed by atoms with Crippen molar-refractivity contribution in [1.29, 1.82) is 0 Å². The maximum Gasteiger partial charge on any atom is 0.176 e. The van der Waals surface area contributed by atoms with Gasteiger partial charge in [0.05, 0.1) is 17.1 Å². The summed E-state index contributed by atoms with van der Waals surface area (Å²) >= 11 is 1.81. The first-order valence-electron chi connectivity index (χ1n) is 11.8. The molecule has 0 aliphatic carbocycles. The van der Waals surface area contributed by atoms with Crippen LogP contribution in [-0.2, 0) is 12.8 Å². The summed E-state index contributed by atoms with van der Waals surface area (Å²) in [7, 11) is 0. The third kappa shape index (κ3) is 3.67. The van der Waals surface area contributed by atoms with Crippen molar-refractivity contribution >= 4 is 34.3 Å². The summed E-state index contributed by atoms with van der Waals surface area (Å²) < 4.78 is 2.23. The van der Waals surface area contributed by atoms with Gasteiger partial charge in [-0.15, -0.1) is 10.2 Å². The van der Waals surface area contributed by atoms with Gasteiger partial charge in [-0.1, -0.05) is 36.0 Å². The molecule has 2 aromatic carbocycles. The second-order valence-corrected chi connectivity index (χ2v) is 9.96. The highest BCUT2D eigenvalue weighted by molar-refractivity contribution is 7.99. The second kappa shape index (κ2) is 8.49. The van der Waals surface area contributed by atoms with Gasteiger partial charge < -0.3 is 4.90 Å². The maximum atomic E-state index is 4.96. The summed E-state index contributed by atoms with van der Waals surface area (Å²) in [4.78, 5) is 14.7. The highest BCUT2D eigenvalue weighted by Gasteiger charge is 2.27. The zero-order valence-corrected chi connectivity index (χ0v) is 21.0. The molecule has 35 heavy (non-hydrogen) atoms.